The molecule has 2 heterocycles. The van der Waals surface area contributed by atoms with Gasteiger partial charge in [0.1, 0.15) is 6.04 Å². The van der Waals surface area contributed by atoms with E-state index in [-0.39, 0.29) is 53.7 Å². The van der Waals surface area contributed by atoms with Crippen molar-refractivity contribution in [2.24, 2.45) is 11.8 Å². The molecule has 3 amide bonds. The highest BCUT2D eigenvalue weighted by atomic mass is 16.5. The van der Waals surface area contributed by atoms with Crippen LogP contribution < -0.4 is 5.32 Å². The molecule has 0 bridgehead atoms. The van der Waals surface area contributed by atoms with Crippen LogP contribution in [0.4, 0.5) is 0 Å². The second-order valence-corrected chi connectivity index (χ2v) is 11.9. The summed E-state index contributed by atoms with van der Waals surface area (Å²) in [6.07, 6.45) is 6.79. The largest absolute Gasteiger partial charge is 0.383 e. The first-order chi connectivity index (χ1) is 17.4. The number of hydrogen-bond donors (Lipinski definition) is 1. The minimum atomic E-state index is -0.622. The highest BCUT2D eigenvalue weighted by Gasteiger charge is 2.36. The lowest BCUT2D eigenvalue weighted by Crippen LogP contribution is -2.58. The van der Waals surface area contributed by atoms with Crippen LogP contribution in [0.5, 0.6) is 0 Å². The van der Waals surface area contributed by atoms with Gasteiger partial charge < -0.3 is 19.9 Å². The third-order valence-corrected chi connectivity index (χ3v) is 7.97. The molecule has 212 valence electrons. The van der Waals surface area contributed by atoms with Crippen LogP contribution in [-0.4, -0.2) is 96.5 Å². The van der Waals surface area contributed by atoms with Gasteiger partial charge in [0.2, 0.25) is 17.7 Å². The highest BCUT2D eigenvalue weighted by Crippen LogP contribution is 2.23. The minimum Gasteiger partial charge on any atom is -0.383 e. The van der Waals surface area contributed by atoms with E-state index in [4.69, 9.17) is 4.74 Å². The number of rotatable bonds is 11. The van der Waals surface area contributed by atoms with Crippen LogP contribution in [0.2, 0.25) is 0 Å². The van der Waals surface area contributed by atoms with Gasteiger partial charge in [-0.05, 0) is 64.8 Å². The van der Waals surface area contributed by atoms with Crippen molar-refractivity contribution in [3.63, 3.8) is 0 Å². The average Bonchev–Trinajstić information content (AvgIpc) is 3.32. The van der Waals surface area contributed by atoms with E-state index in [1.165, 1.54) is 0 Å². The SMILES string of the molecule is COC[C@@H]1CCCN1C(=O)/C(C)=C/[C@H](C(C)C)N(C)C(=O)C(NC(=O)[C@H]1CCCCN1C(C)C)C(C)C. The van der Waals surface area contributed by atoms with E-state index in [1.54, 1.807) is 19.1 Å². The Hall–Kier alpha value is -1.93. The molecule has 37 heavy (non-hydrogen) atoms. The predicted molar refractivity (Wildman–Crippen MR) is 148 cm³/mol. The van der Waals surface area contributed by atoms with Crippen molar-refractivity contribution in [2.45, 2.75) is 111 Å². The first-order valence-corrected chi connectivity index (χ1v) is 14.2. The molecule has 2 fully saturated rings. The number of nitrogens with zero attached hydrogens (tertiary/aromatic N) is 3. The maximum Gasteiger partial charge on any atom is 0.249 e. The fraction of sp³-hybridized carbons (Fsp3) is 0.828. The molecule has 2 rings (SSSR count). The third kappa shape index (κ3) is 8.03. The average molecular weight is 521 g/mol. The Balaban J connectivity index is 2.19. The molecule has 2 aliphatic rings. The normalized spacial score (nSPS) is 23.0. The zero-order valence-corrected chi connectivity index (χ0v) is 24.8. The van der Waals surface area contributed by atoms with Crippen LogP contribution in [0.15, 0.2) is 11.6 Å². The van der Waals surface area contributed by atoms with Crippen molar-refractivity contribution in [3.05, 3.63) is 11.6 Å². The topological polar surface area (TPSA) is 82.2 Å². The Morgan fingerprint density at radius 1 is 1.00 bits per heavy atom. The molecule has 0 aromatic carbocycles. The molecule has 1 unspecified atom stereocenters. The van der Waals surface area contributed by atoms with Gasteiger partial charge in [0.05, 0.1) is 24.7 Å². The molecule has 0 aliphatic carbocycles. The van der Waals surface area contributed by atoms with Crippen LogP contribution in [0.25, 0.3) is 0 Å². The van der Waals surface area contributed by atoms with Gasteiger partial charge in [0.15, 0.2) is 0 Å². The Bertz CT molecular complexity index is 810. The smallest absolute Gasteiger partial charge is 0.249 e. The van der Waals surface area contributed by atoms with E-state index in [1.807, 2.05) is 31.7 Å². The molecule has 0 saturated carbocycles. The van der Waals surface area contributed by atoms with Gasteiger partial charge in [-0.15, -0.1) is 0 Å². The monoisotopic (exact) mass is 520 g/mol. The second-order valence-electron chi connectivity index (χ2n) is 11.9. The van der Waals surface area contributed by atoms with Gasteiger partial charge >= 0.3 is 0 Å². The molecular formula is C29H52N4O4. The summed E-state index contributed by atoms with van der Waals surface area (Å²) in [5.41, 5.74) is 0.640. The van der Waals surface area contributed by atoms with Crippen molar-refractivity contribution >= 4 is 17.7 Å². The summed E-state index contributed by atoms with van der Waals surface area (Å²) in [4.78, 5) is 46.2. The number of likely N-dealkylation sites (N-methyl/N-ethyl adjacent to an activating group) is 1. The van der Waals surface area contributed by atoms with E-state index in [0.717, 1.165) is 45.2 Å². The standard InChI is InChI=1S/C29H52N4O4/c1-19(2)25(17-22(7)28(35)33-16-12-13-23(33)18-37-9)31(8)29(36)26(20(3)4)30-27(34)24-14-10-11-15-32(24)21(5)6/h17,19-21,23-26H,10-16,18H2,1-9H3,(H,30,34)/b22-17+/t23-,24+,25+,26?/m0/s1. The van der Waals surface area contributed by atoms with E-state index in [9.17, 15) is 14.4 Å². The van der Waals surface area contributed by atoms with Gasteiger partial charge in [0, 0.05) is 32.3 Å². The molecule has 0 radical (unpaired) electrons. The van der Waals surface area contributed by atoms with Crippen LogP contribution in [0, 0.1) is 11.8 Å². The zero-order chi connectivity index (χ0) is 27.9. The quantitative estimate of drug-likeness (QED) is 0.422. The molecule has 0 aromatic heterocycles. The van der Waals surface area contributed by atoms with Crippen molar-refractivity contribution in [3.8, 4) is 0 Å². The van der Waals surface area contributed by atoms with Crippen molar-refractivity contribution in [2.75, 3.05) is 33.9 Å². The minimum absolute atomic E-state index is 0.00540. The summed E-state index contributed by atoms with van der Waals surface area (Å²) in [6.45, 7) is 16.3. The lowest BCUT2D eigenvalue weighted by molar-refractivity contribution is -0.140. The van der Waals surface area contributed by atoms with Crippen LogP contribution in [0.3, 0.4) is 0 Å². The van der Waals surface area contributed by atoms with Gasteiger partial charge in [-0.25, -0.2) is 0 Å². The molecular weight excluding hydrogens is 468 g/mol. The number of ether oxygens (including phenoxy) is 1. The molecule has 8 heteroatoms. The Morgan fingerprint density at radius 3 is 2.24 bits per heavy atom. The van der Waals surface area contributed by atoms with E-state index < -0.39 is 6.04 Å². The summed E-state index contributed by atoms with van der Waals surface area (Å²) >= 11 is 0. The van der Waals surface area contributed by atoms with Gasteiger partial charge in [-0.3, -0.25) is 19.3 Å². The maximum atomic E-state index is 13.8. The molecule has 2 aliphatic heterocycles. The predicted octanol–water partition coefficient (Wildman–Crippen LogP) is 3.46. The second kappa shape index (κ2) is 14.3. The Kier molecular flexibility index (Phi) is 12.1. The van der Waals surface area contributed by atoms with Gasteiger partial charge in [-0.1, -0.05) is 40.2 Å². The van der Waals surface area contributed by atoms with Crippen LogP contribution in [-0.2, 0) is 19.1 Å². The van der Waals surface area contributed by atoms with Crippen LogP contribution in [0.1, 0.15) is 80.6 Å². The molecule has 8 nitrogen and oxygen atoms in total. The summed E-state index contributed by atoms with van der Waals surface area (Å²) < 4.78 is 5.31. The number of piperidine rings is 1. The molecule has 2 saturated heterocycles. The van der Waals surface area contributed by atoms with E-state index in [0.29, 0.717) is 12.2 Å². The number of likely N-dealkylation sites (tertiary alicyclic amines) is 2. The number of carbonyl (C=O) groups excluding carboxylic acids is 3. The zero-order valence-electron chi connectivity index (χ0n) is 24.8. The fourth-order valence-corrected chi connectivity index (χ4v) is 5.76. The first-order valence-electron chi connectivity index (χ1n) is 14.2. The molecule has 4 atom stereocenters. The van der Waals surface area contributed by atoms with Crippen molar-refractivity contribution < 1.29 is 19.1 Å². The summed E-state index contributed by atoms with van der Waals surface area (Å²) in [7, 11) is 3.45. The van der Waals surface area contributed by atoms with Crippen LogP contribution >= 0.6 is 0 Å². The Labute approximate surface area is 225 Å². The van der Waals surface area contributed by atoms with Gasteiger partial charge in [0.25, 0.3) is 0 Å². The maximum absolute atomic E-state index is 13.8. The molecule has 0 spiro atoms. The number of nitrogens with one attached hydrogen (secondary N) is 1. The Morgan fingerprint density at radius 2 is 1.68 bits per heavy atom. The number of hydrogen-bond acceptors (Lipinski definition) is 5. The molecule has 1 N–H and O–H groups in total. The van der Waals surface area contributed by atoms with Crippen molar-refractivity contribution in [1.29, 1.82) is 0 Å². The number of carbonyl (C=O) groups is 3. The summed E-state index contributed by atoms with van der Waals surface area (Å²) in [6, 6.07) is -0.705. The fourth-order valence-electron chi connectivity index (χ4n) is 5.76. The summed E-state index contributed by atoms with van der Waals surface area (Å²) in [5.74, 6) is -0.137. The number of methoxy groups -OCH3 is 1. The summed E-state index contributed by atoms with van der Waals surface area (Å²) in [5, 5.41) is 3.10. The molecule has 0 aromatic rings. The lowest BCUT2D eigenvalue weighted by Gasteiger charge is -2.39. The first kappa shape index (κ1) is 31.3. The van der Waals surface area contributed by atoms with Crippen molar-refractivity contribution in [1.82, 2.24) is 20.0 Å². The third-order valence-electron chi connectivity index (χ3n) is 7.97. The lowest BCUT2D eigenvalue weighted by atomic mass is 9.95. The van der Waals surface area contributed by atoms with E-state index in [2.05, 4.69) is 37.9 Å². The van der Waals surface area contributed by atoms with E-state index >= 15 is 0 Å². The number of amides is 3. The highest BCUT2D eigenvalue weighted by molar-refractivity contribution is 5.94. The van der Waals surface area contributed by atoms with Gasteiger partial charge in [-0.2, -0.15) is 0 Å².